The molecule has 280 valence electrons. The van der Waals surface area contributed by atoms with Crippen molar-refractivity contribution in [2.24, 2.45) is 5.41 Å². The SMILES string of the molecule is C[C@@H]1CN(C(=O)C23CC2c2cc(OCc4ccccc4)ccc2-c2c(C4CCCCC4)c4ccc(C(=O)NS(=O)(=O)N(C)C)cc4n2C3)C[C@H](C)N1C. The van der Waals surface area contributed by atoms with Gasteiger partial charge in [-0.15, -0.1) is 0 Å². The van der Waals surface area contributed by atoms with E-state index in [1.807, 2.05) is 30.3 Å². The number of carbonyl (C=O) groups is 2. The summed E-state index contributed by atoms with van der Waals surface area (Å²) in [6, 6.07) is 22.6. The number of rotatable bonds is 8. The van der Waals surface area contributed by atoms with E-state index in [9.17, 15) is 13.2 Å². The van der Waals surface area contributed by atoms with Gasteiger partial charge in [0.05, 0.1) is 11.1 Å². The molecule has 2 unspecified atom stereocenters. The molecule has 4 aromatic rings. The predicted octanol–water partition coefficient (Wildman–Crippen LogP) is 6.51. The maximum Gasteiger partial charge on any atom is 0.303 e. The molecule has 2 saturated carbocycles. The van der Waals surface area contributed by atoms with E-state index in [0.717, 1.165) is 75.4 Å². The van der Waals surface area contributed by atoms with E-state index in [0.29, 0.717) is 32.2 Å². The zero-order chi connectivity index (χ0) is 37.2. The average Bonchev–Trinajstić information content (AvgIpc) is 3.82. The summed E-state index contributed by atoms with van der Waals surface area (Å²) in [7, 11) is 0.930. The van der Waals surface area contributed by atoms with Crippen molar-refractivity contribution in [2.75, 3.05) is 34.2 Å². The quantitative estimate of drug-likeness (QED) is 0.221. The summed E-state index contributed by atoms with van der Waals surface area (Å²) in [6.07, 6.45) is 6.42. The van der Waals surface area contributed by atoms with Crippen molar-refractivity contribution in [3.63, 3.8) is 0 Å². The fourth-order valence-electron chi connectivity index (χ4n) is 9.28. The van der Waals surface area contributed by atoms with Crippen LogP contribution < -0.4 is 9.46 Å². The van der Waals surface area contributed by atoms with Crippen molar-refractivity contribution in [1.29, 1.82) is 0 Å². The molecular weight excluding hydrogens is 687 g/mol. The van der Waals surface area contributed by atoms with Crippen LogP contribution in [0.15, 0.2) is 66.7 Å². The molecule has 3 fully saturated rings. The van der Waals surface area contributed by atoms with Crippen LogP contribution in [0.1, 0.15) is 91.3 Å². The summed E-state index contributed by atoms with van der Waals surface area (Å²) in [5, 5.41) is 1.07. The van der Waals surface area contributed by atoms with Gasteiger partial charge in [-0.3, -0.25) is 14.5 Å². The lowest BCUT2D eigenvalue weighted by molar-refractivity contribution is -0.141. The number of likely N-dealkylation sites (N-methyl/N-ethyl adjacent to an activating group) is 1. The third-order valence-electron chi connectivity index (χ3n) is 12.6. The molecule has 1 saturated heterocycles. The normalized spacial score (nSPS) is 24.6. The van der Waals surface area contributed by atoms with Crippen LogP contribution in [0.2, 0.25) is 0 Å². The van der Waals surface area contributed by atoms with Gasteiger partial charge in [0.25, 0.3) is 5.91 Å². The molecule has 1 aromatic heterocycles. The van der Waals surface area contributed by atoms with Crippen LogP contribution in [-0.4, -0.2) is 85.2 Å². The average molecular weight is 738 g/mol. The minimum Gasteiger partial charge on any atom is -0.489 e. The Hall–Kier alpha value is -4.19. The van der Waals surface area contributed by atoms with Gasteiger partial charge in [0.1, 0.15) is 12.4 Å². The summed E-state index contributed by atoms with van der Waals surface area (Å²) in [5.41, 5.74) is 6.23. The lowest BCUT2D eigenvalue weighted by atomic mass is 9.81. The molecule has 2 aliphatic heterocycles. The molecule has 3 aromatic carbocycles. The molecule has 2 amide bonds. The molecule has 3 heterocycles. The number of hydrogen-bond acceptors (Lipinski definition) is 6. The molecule has 2 aliphatic carbocycles. The third-order valence-corrected chi connectivity index (χ3v) is 14.0. The van der Waals surface area contributed by atoms with E-state index < -0.39 is 21.5 Å². The van der Waals surface area contributed by atoms with Gasteiger partial charge < -0.3 is 14.2 Å². The largest absolute Gasteiger partial charge is 0.489 e. The summed E-state index contributed by atoms with van der Waals surface area (Å²) in [6.45, 7) is 6.67. The smallest absolute Gasteiger partial charge is 0.303 e. The van der Waals surface area contributed by atoms with Gasteiger partial charge in [-0.25, -0.2) is 4.72 Å². The van der Waals surface area contributed by atoms with E-state index in [4.69, 9.17) is 4.74 Å². The maximum atomic E-state index is 15.0. The molecule has 1 N–H and O–H groups in total. The first-order valence-electron chi connectivity index (χ1n) is 19.1. The first kappa shape index (κ1) is 35.8. The highest BCUT2D eigenvalue weighted by Gasteiger charge is 2.64. The van der Waals surface area contributed by atoms with E-state index in [2.05, 4.69) is 70.3 Å². The van der Waals surface area contributed by atoms with Crippen molar-refractivity contribution in [2.45, 2.75) is 89.4 Å². The number of piperazine rings is 1. The van der Waals surface area contributed by atoms with E-state index >= 15 is 4.79 Å². The van der Waals surface area contributed by atoms with Gasteiger partial charge in [0, 0.05) is 73.8 Å². The minimum atomic E-state index is -3.99. The second-order valence-corrected chi connectivity index (χ2v) is 18.0. The highest BCUT2D eigenvalue weighted by molar-refractivity contribution is 7.87. The van der Waals surface area contributed by atoms with E-state index in [-0.39, 0.29) is 29.5 Å². The van der Waals surface area contributed by atoms with Crippen molar-refractivity contribution >= 4 is 32.9 Å². The number of amides is 2. The van der Waals surface area contributed by atoms with E-state index in [1.54, 1.807) is 6.07 Å². The van der Waals surface area contributed by atoms with Crippen LogP contribution in [0, 0.1) is 5.41 Å². The van der Waals surface area contributed by atoms with Gasteiger partial charge in [-0.1, -0.05) is 55.7 Å². The zero-order valence-corrected chi connectivity index (χ0v) is 32.3. The van der Waals surface area contributed by atoms with Crippen LogP contribution in [-0.2, 0) is 28.2 Å². The minimum absolute atomic E-state index is 0.0152. The van der Waals surface area contributed by atoms with Crippen LogP contribution in [0.5, 0.6) is 5.75 Å². The lowest BCUT2D eigenvalue weighted by Gasteiger charge is -2.43. The molecule has 53 heavy (non-hydrogen) atoms. The standard InChI is InChI=1S/C42H51N5O5S/c1-27-23-46(24-28(2)45(27)5)41(49)42-22-36(42)35-21-32(52-25-29-12-8-6-9-13-29)17-19-33(35)39-38(30-14-10-7-11-15-30)34-18-16-31(20-37(34)47(39)26-42)40(48)43-53(50,51)44(3)4/h6,8-9,12-13,16-21,27-28,30,36H,7,10-11,14-15,22-26H2,1-5H3,(H,43,48)/t27-,28+,36?,42?. The fourth-order valence-corrected chi connectivity index (χ4v) is 9.81. The first-order chi connectivity index (χ1) is 25.4. The highest BCUT2D eigenvalue weighted by atomic mass is 32.2. The Morgan fingerprint density at radius 1 is 0.943 bits per heavy atom. The van der Waals surface area contributed by atoms with Crippen LogP contribution in [0.3, 0.4) is 0 Å². The Kier molecular flexibility index (Phi) is 9.18. The monoisotopic (exact) mass is 737 g/mol. The molecule has 0 bridgehead atoms. The number of hydrogen-bond donors (Lipinski definition) is 1. The van der Waals surface area contributed by atoms with Gasteiger partial charge in [-0.2, -0.15) is 12.7 Å². The Morgan fingerprint density at radius 3 is 2.36 bits per heavy atom. The van der Waals surface area contributed by atoms with Gasteiger partial charge in [0.2, 0.25) is 5.91 Å². The van der Waals surface area contributed by atoms with Crippen molar-refractivity contribution < 1.29 is 22.7 Å². The number of nitrogens with zero attached hydrogens (tertiary/aromatic N) is 4. The van der Waals surface area contributed by atoms with Crippen LogP contribution >= 0.6 is 0 Å². The Bertz CT molecular complexity index is 2160. The molecular formula is C42H51N5O5S. The van der Waals surface area contributed by atoms with Crippen LogP contribution in [0.4, 0.5) is 0 Å². The number of ether oxygens (including phenoxy) is 1. The summed E-state index contributed by atoms with van der Waals surface area (Å²) in [5.74, 6) is 0.642. The lowest BCUT2D eigenvalue weighted by Crippen LogP contribution is -2.58. The molecule has 10 nitrogen and oxygen atoms in total. The summed E-state index contributed by atoms with van der Waals surface area (Å²) in [4.78, 5) is 33.0. The fraction of sp³-hybridized carbons (Fsp3) is 0.476. The number of benzene rings is 3. The molecule has 4 aliphatic rings. The van der Waals surface area contributed by atoms with Gasteiger partial charge in [-0.05, 0) is 93.1 Å². The Labute approximate surface area is 313 Å². The number of nitrogens with one attached hydrogen (secondary N) is 1. The molecule has 0 radical (unpaired) electrons. The van der Waals surface area contributed by atoms with Crippen molar-refractivity contribution in [1.82, 2.24) is 23.4 Å². The second kappa shape index (κ2) is 13.6. The molecule has 4 atom stereocenters. The second-order valence-electron chi connectivity index (χ2n) is 16.1. The third kappa shape index (κ3) is 6.34. The maximum absolute atomic E-state index is 15.0. The molecule has 11 heteroatoms. The van der Waals surface area contributed by atoms with Crippen LogP contribution in [0.25, 0.3) is 22.2 Å². The first-order valence-corrected chi connectivity index (χ1v) is 20.5. The summed E-state index contributed by atoms with van der Waals surface area (Å²) >= 11 is 0. The van der Waals surface area contributed by atoms with Crippen molar-refractivity contribution in [3.05, 3.63) is 89.0 Å². The zero-order valence-electron chi connectivity index (χ0n) is 31.5. The van der Waals surface area contributed by atoms with Gasteiger partial charge in [0.15, 0.2) is 0 Å². The number of carbonyl (C=O) groups excluding carboxylic acids is 2. The molecule has 0 spiro atoms. The highest BCUT2D eigenvalue weighted by Crippen LogP contribution is 2.66. The predicted molar refractivity (Wildman–Crippen MR) is 207 cm³/mol. The number of fused-ring (bicyclic) bond motifs is 7. The Morgan fingerprint density at radius 2 is 1.66 bits per heavy atom. The number of aromatic nitrogens is 1. The van der Waals surface area contributed by atoms with Gasteiger partial charge >= 0.3 is 10.2 Å². The van der Waals surface area contributed by atoms with Crippen molar-refractivity contribution in [3.8, 4) is 17.0 Å². The Balaban J connectivity index is 1.29. The van der Waals surface area contributed by atoms with E-state index in [1.165, 1.54) is 26.1 Å². The molecule has 8 rings (SSSR count). The topological polar surface area (TPSA) is 104 Å². The summed E-state index contributed by atoms with van der Waals surface area (Å²) < 4.78 is 37.3.